The van der Waals surface area contributed by atoms with Gasteiger partial charge in [-0.05, 0) is 43.9 Å². The van der Waals surface area contributed by atoms with E-state index in [4.69, 9.17) is 0 Å². The van der Waals surface area contributed by atoms with E-state index in [1.807, 2.05) is 0 Å². The second-order valence-electron chi connectivity index (χ2n) is 4.98. The SMILES string of the molecule is CCCCCCCC(C)Nc1ccc(SC)cc1. The van der Waals surface area contributed by atoms with Crippen molar-refractivity contribution >= 4 is 17.4 Å². The molecule has 1 aromatic carbocycles. The van der Waals surface area contributed by atoms with Crippen molar-refractivity contribution in [2.24, 2.45) is 0 Å². The summed E-state index contributed by atoms with van der Waals surface area (Å²) in [5.41, 5.74) is 1.24. The molecule has 102 valence electrons. The number of anilines is 1. The molecule has 1 N–H and O–H groups in total. The van der Waals surface area contributed by atoms with Gasteiger partial charge < -0.3 is 5.32 Å². The van der Waals surface area contributed by atoms with Crippen LogP contribution in [0.4, 0.5) is 5.69 Å². The van der Waals surface area contributed by atoms with Crippen molar-refractivity contribution in [2.75, 3.05) is 11.6 Å². The Morgan fingerprint density at radius 3 is 2.33 bits per heavy atom. The maximum Gasteiger partial charge on any atom is 0.0342 e. The summed E-state index contributed by atoms with van der Waals surface area (Å²) in [5, 5.41) is 3.57. The zero-order valence-corrected chi connectivity index (χ0v) is 12.9. The number of thioether (sulfide) groups is 1. The van der Waals surface area contributed by atoms with Crippen LogP contribution < -0.4 is 5.32 Å². The Balaban J connectivity index is 2.20. The van der Waals surface area contributed by atoms with Gasteiger partial charge in [0.15, 0.2) is 0 Å². The molecule has 0 saturated carbocycles. The molecule has 1 nitrogen and oxygen atoms in total. The van der Waals surface area contributed by atoms with Gasteiger partial charge in [-0.1, -0.05) is 39.0 Å². The molecule has 0 amide bonds. The number of nitrogens with one attached hydrogen (secondary N) is 1. The lowest BCUT2D eigenvalue weighted by Gasteiger charge is -2.15. The molecule has 0 spiro atoms. The van der Waals surface area contributed by atoms with Gasteiger partial charge in [0.05, 0.1) is 0 Å². The molecule has 1 unspecified atom stereocenters. The van der Waals surface area contributed by atoms with Crippen LogP contribution in [0.3, 0.4) is 0 Å². The summed E-state index contributed by atoms with van der Waals surface area (Å²) >= 11 is 1.79. The van der Waals surface area contributed by atoms with E-state index in [0.717, 1.165) is 0 Å². The van der Waals surface area contributed by atoms with Gasteiger partial charge in [-0.2, -0.15) is 0 Å². The fraction of sp³-hybridized carbons (Fsp3) is 0.625. The summed E-state index contributed by atoms with van der Waals surface area (Å²) in [6.45, 7) is 4.55. The molecule has 0 radical (unpaired) electrons. The number of benzene rings is 1. The Labute approximate surface area is 117 Å². The summed E-state index contributed by atoms with van der Waals surface area (Å²) < 4.78 is 0. The van der Waals surface area contributed by atoms with Crippen molar-refractivity contribution in [1.82, 2.24) is 0 Å². The lowest BCUT2D eigenvalue weighted by molar-refractivity contribution is 0.578. The normalized spacial score (nSPS) is 12.4. The summed E-state index contributed by atoms with van der Waals surface area (Å²) in [4.78, 5) is 1.33. The monoisotopic (exact) mass is 265 g/mol. The van der Waals surface area contributed by atoms with Crippen molar-refractivity contribution in [3.05, 3.63) is 24.3 Å². The maximum atomic E-state index is 3.57. The lowest BCUT2D eigenvalue weighted by atomic mass is 10.1. The molecule has 18 heavy (non-hydrogen) atoms. The Morgan fingerprint density at radius 2 is 1.72 bits per heavy atom. The minimum Gasteiger partial charge on any atom is -0.383 e. The van der Waals surface area contributed by atoms with Crippen LogP contribution >= 0.6 is 11.8 Å². The van der Waals surface area contributed by atoms with Crippen LogP contribution in [0.5, 0.6) is 0 Å². The van der Waals surface area contributed by atoms with Gasteiger partial charge in [-0.3, -0.25) is 0 Å². The van der Waals surface area contributed by atoms with E-state index in [0.29, 0.717) is 6.04 Å². The Kier molecular flexibility index (Phi) is 7.99. The van der Waals surface area contributed by atoms with Crippen LogP contribution in [-0.2, 0) is 0 Å². The molecule has 0 saturated heterocycles. The zero-order valence-electron chi connectivity index (χ0n) is 12.0. The Bertz CT molecular complexity index is 307. The standard InChI is InChI=1S/C16H27NS/c1-4-5-6-7-8-9-14(2)17-15-10-12-16(18-3)13-11-15/h10-14,17H,4-9H2,1-3H3. The molecule has 0 aliphatic heterocycles. The molecule has 1 rings (SSSR count). The molecular weight excluding hydrogens is 238 g/mol. The van der Waals surface area contributed by atoms with Gasteiger partial charge in [-0.25, -0.2) is 0 Å². The molecular formula is C16H27NS. The highest BCUT2D eigenvalue weighted by Crippen LogP contribution is 2.18. The fourth-order valence-electron chi connectivity index (χ4n) is 2.10. The van der Waals surface area contributed by atoms with Crippen molar-refractivity contribution in [3.8, 4) is 0 Å². The molecule has 0 bridgehead atoms. The molecule has 0 aliphatic carbocycles. The number of unbranched alkanes of at least 4 members (excludes halogenated alkanes) is 4. The first-order valence-electron chi connectivity index (χ1n) is 7.17. The van der Waals surface area contributed by atoms with Crippen molar-refractivity contribution < 1.29 is 0 Å². The summed E-state index contributed by atoms with van der Waals surface area (Å²) in [5.74, 6) is 0. The highest BCUT2D eigenvalue weighted by atomic mass is 32.2. The van der Waals surface area contributed by atoms with Crippen LogP contribution in [0.2, 0.25) is 0 Å². The lowest BCUT2D eigenvalue weighted by Crippen LogP contribution is -2.14. The molecule has 0 heterocycles. The largest absolute Gasteiger partial charge is 0.383 e. The molecule has 1 atom stereocenters. The molecule has 0 fully saturated rings. The van der Waals surface area contributed by atoms with E-state index in [-0.39, 0.29) is 0 Å². The predicted molar refractivity (Wildman–Crippen MR) is 84.7 cm³/mol. The molecule has 0 aromatic heterocycles. The first-order chi connectivity index (χ1) is 8.76. The minimum atomic E-state index is 0.576. The average Bonchev–Trinajstić information content (AvgIpc) is 2.39. The smallest absolute Gasteiger partial charge is 0.0342 e. The second-order valence-corrected chi connectivity index (χ2v) is 5.86. The van der Waals surface area contributed by atoms with Gasteiger partial charge in [0.1, 0.15) is 0 Å². The van der Waals surface area contributed by atoms with E-state index in [9.17, 15) is 0 Å². The van der Waals surface area contributed by atoms with Crippen LogP contribution in [-0.4, -0.2) is 12.3 Å². The second kappa shape index (κ2) is 9.32. The summed E-state index contributed by atoms with van der Waals surface area (Å²) in [6, 6.07) is 9.30. The third-order valence-electron chi connectivity index (χ3n) is 3.24. The Hall–Kier alpha value is -0.630. The van der Waals surface area contributed by atoms with Crippen LogP contribution in [0.25, 0.3) is 0 Å². The third-order valence-corrected chi connectivity index (χ3v) is 3.99. The summed E-state index contributed by atoms with van der Waals surface area (Å²) in [6.07, 6.45) is 10.2. The average molecular weight is 265 g/mol. The highest BCUT2D eigenvalue weighted by molar-refractivity contribution is 7.98. The maximum absolute atomic E-state index is 3.57. The zero-order chi connectivity index (χ0) is 13.2. The van der Waals surface area contributed by atoms with E-state index in [2.05, 4.69) is 49.7 Å². The molecule has 0 aliphatic rings. The number of hydrogen-bond acceptors (Lipinski definition) is 2. The fourth-order valence-corrected chi connectivity index (χ4v) is 2.51. The summed E-state index contributed by atoms with van der Waals surface area (Å²) in [7, 11) is 0. The van der Waals surface area contributed by atoms with E-state index in [1.165, 1.54) is 49.1 Å². The first-order valence-corrected chi connectivity index (χ1v) is 8.39. The Morgan fingerprint density at radius 1 is 1.06 bits per heavy atom. The van der Waals surface area contributed by atoms with Crippen molar-refractivity contribution in [1.29, 1.82) is 0 Å². The van der Waals surface area contributed by atoms with Gasteiger partial charge in [0.25, 0.3) is 0 Å². The van der Waals surface area contributed by atoms with Gasteiger partial charge in [0, 0.05) is 16.6 Å². The number of rotatable bonds is 9. The third kappa shape index (κ3) is 6.34. The number of hydrogen-bond donors (Lipinski definition) is 1. The van der Waals surface area contributed by atoms with Crippen molar-refractivity contribution in [2.45, 2.75) is 63.3 Å². The van der Waals surface area contributed by atoms with Gasteiger partial charge in [-0.15, -0.1) is 11.8 Å². The van der Waals surface area contributed by atoms with Crippen LogP contribution in [0.15, 0.2) is 29.2 Å². The van der Waals surface area contributed by atoms with Crippen LogP contribution in [0.1, 0.15) is 52.4 Å². The predicted octanol–water partition coefficient (Wildman–Crippen LogP) is 5.57. The van der Waals surface area contributed by atoms with Crippen LogP contribution in [0, 0.1) is 0 Å². The van der Waals surface area contributed by atoms with Gasteiger partial charge in [0.2, 0.25) is 0 Å². The quantitative estimate of drug-likeness (QED) is 0.463. The highest BCUT2D eigenvalue weighted by Gasteiger charge is 2.01. The van der Waals surface area contributed by atoms with Crippen molar-refractivity contribution in [3.63, 3.8) is 0 Å². The minimum absolute atomic E-state index is 0.576. The molecule has 1 aromatic rings. The molecule has 2 heteroatoms. The van der Waals surface area contributed by atoms with E-state index < -0.39 is 0 Å². The van der Waals surface area contributed by atoms with E-state index >= 15 is 0 Å². The van der Waals surface area contributed by atoms with E-state index in [1.54, 1.807) is 11.8 Å². The first kappa shape index (κ1) is 15.4. The van der Waals surface area contributed by atoms with Gasteiger partial charge >= 0.3 is 0 Å². The topological polar surface area (TPSA) is 12.0 Å².